The van der Waals surface area contributed by atoms with Gasteiger partial charge in [0.15, 0.2) is 0 Å². The Kier molecular flexibility index (Phi) is 4.49. The first-order valence-electron chi connectivity index (χ1n) is 7.33. The molecule has 3 aromatic rings. The van der Waals surface area contributed by atoms with Gasteiger partial charge in [-0.05, 0) is 29.0 Å². The molecule has 0 saturated carbocycles. The lowest BCUT2D eigenvalue weighted by Crippen LogP contribution is -2.18. The van der Waals surface area contributed by atoms with Gasteiger partial charge in [0.1, 0.15) is 0 Å². The molecule has 3 aromatic carbocycles. The van der Waals surface area contributed by atoms with Crippen LogP contribution >= 0.6 is 0 Å². The molecule has 0 unspecified atom stereocenters. The third-order valence-corrected chi connectivity index (χ3v) is 4.82. The Bertz CT molecular complexity index is 1080. The van der Waals surface area contributed by atoms with Gasteiger partial charge in [0.05, 0.1) is 16.7 Å². The minimum Gasteiger partial charge on any atom is -0.478 e. The molecule has 0 atom stereocenters. The predicted molar refractivity (Wildman–Crippen MR) is 95.3 cm³/mol. The monoisotopic (exact) mass is 354 g/mol. The molecular weight excluding hydrogens is 340 g/mol. The Labute approximate surface area is 144 Å². The molecule has 25 heavy (non-hydrogen) atoms. The number of carboxylic acid groups (broad SMARTS) is 1. The Morgan fingerprint density at radius 1 is 0.960 bits per heavy atom. The molecule has 0 fully saturated rings. The molecule has 0 amide bonds. The maximum absolute atomic E-state index is 12.3. The second-order valence-electron chi connectivity index (χ2n) is 5.25. The Hall–Kier alpha value is -3.19. The summed E-state index contributed by atoms with van der Waals surface area (Å²) < 4.78 is 24.7. The van der Waals surface area contributed by atoms with E-state index in [1.807, 2.05) is 24.3 Å². The first kappa shape index (κ1) is 16.7. The second kappa shape index (κ2) is 6.74. The largest absolute Gasteiger partial charge is 0.478 e. The zero-order valence-corrected chi connectivity index (χ0v) is 13.8. The second-order valence-corrected chi connectivity index (χ2v) is 6.92. The summed E-state index contributed by atoms with van der Waals surface area (Å²) in [5.74, 6) is -1.11. The van der Waals surface area contributed by atoms with Gasteiger partial charge in [-0.1, -0.05) is 48.5 Å². The SMILES string of the molecule is O=C(O)c1ccccc1C=NNS(=O)(=O)c1ccc2ccccc2c1. The van der Waals surface area contributed by atoms with Gasteiger partial charge >= 0.3 is 5.97 Å². The molecule has 0 radical (unpaired) electrons. The quantitative estimate of drug-likeness (QED) is 0.544. The zero-order valence-electron chi connectivity index (χ0n) is 13.0. The van der Waals surface area contributed by atoms with Crippen LogP contribution in [0.2, 0.25) is 0 Å². The number of fused-ring (bicyclic) bond motifs is 1. The smallest absolute Gasteiger partial charge is 0.336 e. The minimum atomic E-state index is -3.85. The van der Waals surface area contributed by atoms with E-state index in [0.717, 1.165) is 10.8 Å². The van der Waals surface area contributed by atoms with Crippen molar-refractivity contribution in [1.82, 2.24) is 4.83 Å². The lowest BCUT2D eigenvalue weighted by atomic mass is 10.1. The molecule has 0 heterocycles. The summed E-state index contributed by atoms with van der Waals surface area (Å²) >= 11 is 0. The van der Waals surface area contributed by atoms with E-state index in [9.17, 15) is 13.2 Å². The number of hydrogen-bond donors (Lipinski definition) is 2. The van der Waals surface area contributed by atoms with Crippen LogP contribution in [0.15, 0.2) is 76.7 Å². The maximum atomic E-state index is 12.3. The van der Waals surface area contributed by atoms with Gasteiger partial charge in [-0.3, -0.25) is 0 Å². The third-order valence-electron chi connectivity index (χ3n) is 3.60. The summed E-state index contributed by atoms with van der Waals surface area (Å²) in [5.41, 5.74) is 0.340. The van der Waals surface area contributed by atoms with Crippen LogP contribution in [0, 0.1) is 0 Å². The minimum absolute atomic E-state index is 0.0381. The van der Waals surface area contributed by atoms with Gasteiger partial charge in [0, 0.05) is 5.56 Å². The van der Waals surface area contributed by atoms with Crippen molar-refractivity contribution in [2.45, 2.75) is 4.90 Å². The van der Waals surface area contributed by atoms with Crippen molar-refractivity contribution in [3.8, 4) is 0 Å². The fraction of sp³-hybridized carbons (Fsp3) is 0. The number of hydrazone groups is 1. The van der Waals surface area contributed by atoms with Crippen LogP contribution < -0.4 is 4.83 Å². The van der Waals surface area contributed by atoms with E-state index in [4.69, 9.17) is 5.11 Å². The van der Waals surface area contributed by atoms with E-state index in [1.165, 1.54) is 24.4 Å². The van der Waals surface area contributed by atoms with E-state index in [-0.39, 0.29) is 10.5 Å². The standard InChI is InChI=1S/C18H14N2O4S/c21-18(22)17-8-4-3-7-15(17)12-19-20-25(23,24)16-10-9-13-5-1-2-6-14(13)11-16/h1-12,20H,(H,21,22). The molecule has 0 aliphatic rings. The van der Waals surface area contributed by atoms with Crippen molar-refractivity contribution in [1.29, 1.82) is 0 Å². The lowest BCUT2D eigenvalue weighted by molar-refractivity contribution is 0.0696. The molecule has 3 rings (SSSR count). The molecule has 7 heteroatoms. The first-order valence-corrected chi connectivity index (χ1v) is 8.82. The maximum Gasteiger partial charge on any atom is 0.336 e. The van der Waals surface area contributed by atoms with Gasteiger partial charge in [-0.2, -0.15) is 13.5 Å². The Morgan fingerprint density at radius 3 is 2.40 bits per heavy atom. The number of carboxylic acids is 1. The van der Waals surface area contributed by atoms with Crippen LogP contribution in [0.25, 0.3) is 10.8 Å². The van der Waals surface area contributed by atoms with E-state index >= 15 is 0 Å². The van der Waals surface area contributed by atoms with Crippen LogP contribution in [0.1, 0.15) is 15.9 Å². The van der Waals surface area contributed by atoms with E-state index < -0.39 is 16.0 Å². The molecule has 0 bridgehead atoms. The van der Waals surface area contributed by atoms with Gasteiger partial charge in [0.2, 0.25) is 0 Å². The average molecular weight is 354 g/mol. The number of benzene rings is 3. The number of nitrogens with one attached hydrogen (secondary N) is 1. The van der Waals surface area contributed by atoms with Crippen molar-refractivity contribution in [2.24, 2.45) is 5.10 Å². The van der Waals surface area contributed by atoms with E-state index in [2.05, 4.69) is 9.93 Å². The van der Waals surface area contributed by atoms with Crippen LogP contribution in [0.3, 0.4) is 0 Å². The molecular formula is C18H14N2O4S. The predicted octanol–water partition coefficient (Wildman–Crippen LogP) is 2.85. The highest BCUT2D eigenvalue weighted by molar-refractivity contribution is 7.89. The number of carbonyl (C=O) groups is 1. The van der Waals surface area contributed by atoms with Crippen LogP contribution in [-0.2, 0) is 10.0 Å². The molecule has 2 N–H and O–H groups in total. The van der Waals surface area contributed by atoms with Crippen LogP contribution in [0.5, 0.6) is 0 Å². The van der Waals surface area contributed by atoms with Crippen molar-refractivity contribution in [2.75, 3.05) is 0 Å². The zero-order chi connectivity index (χ0) is 17.9. The highest BCUT2D eigenvalue weighted by Gasteiger charge is 2.13. The number of nitrogens with zero attached hydrogens (tertiary/aromatic N) is 1. The van der Waals surface area contributed by atoms with Gasteiger partial charge in [-0.25, -0.2) is 9.63 Å². The fourth-order valence-electron chi connectivity index (χ4n) is 2.36. The summed E-state index contributed by atoms with van der Waals surface area (Å²) in [6.07, 6.45) is 1.17. The van der Waals surface area contributed by atoms with Crippen molar-refractivity contribution < 1.29 is 18.3 Å². The molecule has 0 aliphatic heterocycles. The van der Waals surface area contributed by atoms with Gasteiger partial charge in [-0.15, -0.1) is 0 Å². The van der Waals surface area contributed by atoms with Gasteiger partial charge in [0.25, 0.3) is 10.0 Å². The number of rotatable bonds is 5. The van der Waals surface area contributed by atoms with E-state index in [1.54, 1.807) is 24.3 Å². The third kappa shape index (κ3) is 3.67. The average Bonchev–Trinajstić information content (AvgIpc) is 2.61. The van der Waals surface area contributed by atoms with Crippen LogP contribution in [0.4, 0.5) is 0 Å². The summed E-state index contributed by atoms with van der Waals surface area (Å²) in [5, 5.41) is 14.5. The summed E-state index contributed by atoms with van der Waals surface area (Å²) in [6, 6.07) is 18.4. The number of hydrogen-bond acceptors (Lipinski definition) is 4. The van der Waals surface area contributed by atoms with Crippen molar-refractivity contribution in [3.63, 3.8) is 0 Å². The molecule has 0 aromatic heterocycles. The highest BCUT2D eigenvalue weighted by atomic mass is 32.2. The topological polar surface area (TPSA) is 95.8 Å². The number of sulfonamides is 1. The van der Waals surface area contributed by atoms with Crippen LogP contribution in [-0.4, -0.2) is 25.7 Å². The normalized spacial score (nSPS) is 11.7. The number of aromatic carboxylic acids is 1. The molecule has 6 nitrogen and oxygen atoms in total. The Morgan fingerprint density at radius 2 is 1.64 bits per heavy atom. The fourth-order valence-corrected chi connectivity index (χ4v) is 3.18. The lowest BCUT2D eigenvalue weighted by Gasteiger charge is -2.05. The molecule has 0 aliphatic carbocycles. The summed E-state index contributed by atoms with van der Waals surface area (Å²) in [4.78, 5) is 13.3. The molecule has 126 valence electrons. The van der Waals surface area contributed by atoms with Crippen molar-refractivity contribution >= 4 is 33.0 Å². The molecule has 0 spiro atoms. The Balaban J connectivity index is 1.85. The van der Waals surface area contributed by atoms with Crippen molar-refractivity contribution in [3.05, 3.63) is 77.9 Å². The summed E-state index contributed by atoms with van der Waals surface area (Å²) in [7, 11) is -3.85. The molecule has 0 saturated heterocycles. The van der Waals surface area contributed by atoms with Gasteiger partial charge < -0.3 is 5.11 Å². The summed E-state index contributed by atoms with van der Waals surface area (Å²) in [6.45, 7) is 0. The first-order chi connectivity index (χ1) is 12.0. The van der Waals surface area contributed by atoms with E-state index in [0.29, 0.717) is 5.56 Å². The highest BCUT2D eigenvalue weighted by Crippen LogP contribution is 2.18.